The SMILES string of the molecule is O=C(Nc1cc(Cl)ccc1[N+](=O)[O-])c1ccc(Br)s1. The second kappa shape index (κ2) is 5.68. The molecule has 0 bridgehead atoms. The predicted molar refractivity (Wildman–Crippen MR) is 78.1 cm³/mol. The van der Waals surface area contributed by atoms with Crippen LogP contribution in [0.4, 0.5) is 11.4 Å². The summed E-state index contributed by atoms with van der Waals surface area (Å²) in [6.45, 7) is 0. The number of carbonyl (C=O) groups is 1. The van der Waals surface area contributed by atoms with Gasteiger partial charge in [0.1, 0.15) is 5.69 Å². The van der Waals surface area contributed by atoms with Crippen molar-refractivity contribution in [2.75, 3.05) is 5.32 Å². The molecule has 98 valence electrons. The molecular weight excluding hydrogens is 356 g/mol. The molecule has 2 rings (SSSR count). The summed E-state index contributed by atoms with van der Waals surface area (Å²) in [7, 11) is 0. The molecule has 5 nitrogen and oxygen atoms in total. The van der Waals surface area contributed by atoms with Crippen LogP contribution in [0.15, 0.2) is 34.1 Å². The first-order chi connectivity index (χ1) is 8.97. The summed E-state index contributed by atoms with van der Waals surface area (Å²) in [5.41, 5.74) is -0.125. The average Bonchev–Trinajstić information content (AvgIpc) is 2.75. The lowest BCUT2D eigenvalue weighted by atomic mass is 10.2. The van der Waals surface area contributed by atoms with Gasteiger partial charge in [0.25, 0.3) is 11.6 Å². The topological polar surface area (TPSA) is 72.2 Å². The molecule has 0 atom stereocenters. The van der Waals surface area contributed by atoms with Gasteiger partial charge in [-0.3, -0.25) is 14.9 Å². The number of hydrogen-bond donors (Lipinski definition) is 1. The van der Waals surface area contributed by atoms with Crippen LogP contribution in [0.25, 0.3) is 0 Å². The molecule has 0 saturated heterocycles. The van der Waals surface area contributed by atoms with Crippen molar-refractivity contribution in [1.29, 1.82) is 0 Å². The number of rotatable bonds is 3. The van der Waals surface area contributed by atoms with E-state index in [1.165, 1.54) is 29.5 Å². The predicted octanol–water partition coefficient (Wildman–Crippen LogP) is 4.32. The molecule has 0 radical (unpaired) electrons. The van der Waals surface area contributed by atoms with E-state index in [-0.39, 0.29) is 11.4 Å². The van der Waals surface area contributed by atoms with Gasteiger partial charge in [-0.25, -0.2) is 0 Å². The van der Waals surface area contributed by atoms with Gasteiger partial charge in [-0.1, -0.05) is 11.6 Å². The van der Waals surface area contributed by atoms with Crippen LogP contribution in [0.2, 0.25) is 5.02 Å². The van der Waals surface area contributed by atoms with Crippen molar-refractivity contribution in [2.45, 2.75) is 0 Å². The van der Waals surface area contributed by atoms with E-state index in [1.807, 2.05) is 0 Å². The van der Waals surface area contributed by atoms with Crippen LogP contribution in [-0.4, -0.2) is 10.8 Å². The summed E-state index contributed by atoms with van der Waals surface area (Å²) in [5.74, 6) is -0.416. The van der Waals surface area contributed by atoms with Crippen molar-refractivity contribution in [3.05, 3.63) is 54.1 Å². The number of thiophene rings is 1. The molecule has 0 aliphatic carbocycles. The zero-order valence-corrected chi connectivity index (χ0v) is 12.4. The Kier molecular flexibility index (Phi) is 4.18. The summed E-state index contributed by atoms with van der Waals surface area (Å²) in [5, 5.41) is 13.7. The number of nitrogens with one attached hydrogen (secondary N) is 1. The van der Waals surface area contributed by atoms with Gasteiger partial charge < -0.3 is 5.32 Å². The molecule has 19 heavy (non-hydrogen) atoms. The third-order valence-electron chi connectivity index (χ3n) is 2.20. The quantitative estimate of drug-likeness (QED) is 0.653. The Hall–Kier alpha value is -1.44. The first-order valence-electron chi connectivity index (χ1n) is 4.98. The molecule has 1 N–H and O–H groups in total. The highest BCUT2D eigenvalue weighted by Crippen LogP contribution is 2.29. The van der Waals surface area contributed by atoms with E-state index in [1.54, 1.807) is 12.1 Å². The molecular formula is C11H6BrClN2O3S. The fourth-order valence-electron chi connectivity index (χ4n) is 1.39. The first kappa shape index (κ1) is 14.0. The van der Waals surface area contributed by atoms with E-state index in [0.29, 0.717) is 9.90 Å². The molecule has 0 fully saturated rings. The van der Waals surface area contributed by atoms with Gasteiger partial charge in [-0.2, -0.15) is 0 Å². The number of benzene rings is 1. The monoisotopic (exact) mass is 360 g/mol. The smallest absolute Gasteiger partial charge is 0.292 e. The van der Waals surface area contributed by atoms with Crippen LogP contribution in [0, 0.1) is 10.1 Å². The van der Waals surface area contributed by atoms with Crippen molar-refractivity contribution in [3.63, 3.8) is 0 Å². The summed E-state index contributed by atoms with van der Waals surface area (Å²) in [6, 6.07) is 7.35. The summed E-state index contributed by atoms with van der Waals surface area (Å²) >= 11 is 10.3. The van der Waals surface area contributed by atoms with Gasteiger partial charge in [0.2, 0.25) is 0 Å². The van der Waals surface area contributed by atoms with Crippen LogP contribution in [0.3, 0.4) is 0 Å². The van der Waals surface area contributed by atoms with E-state index >= 15 is 0 Å². The Labute approximate surface area is 125 Å². The highest BCUT2D eigenvalue weighted by atomic mass is 79.9. The number of nitro groups is 1. The molecule has 0 aliphatic heterocycles. The number of carbonyl (C=O) groups excluding carboxylic acids is 1. The molecule has 1 amide bonds. The first-order valence-corrected chi connectivity index (χ1v) is 6.97. The van der Waals surface area contributed by atoms with Crippen molar-refractivity contribution in [1.82, 2.24) is 0 Å². The Morgan fingerprint density at radius 2 is 2.11 bits per heavy atom. The van der Waals surface area contributed by atoms with E-state index in [2.05, 4.69) is 21.2 Å². The van der Waals surface area contributed by atoms with Gasteiger partial charge in [0.05, 0.1) is 13.6 Å². The van der Waals surface area contributed by atoms with Gasteiger partial charge in [0.15, 0.2) is 0 Å². The lowest BCUT2D eigenvalue weighted by Gasteiger charge is -2.05. The molecule has 1 aromatic heterocycles. The number of halogens is 2. The van der Waals surface area contributed by atoms with Crippen LogP contribution in [-0.2, 0) is 0 Å². The normalized spacial score (nSPS) is 10.2. The Morgan fingerprint density at radius 3 is 2.68 bits per heavy atom. The number of hydrogen-bond acceptors (Lipinski definition) is 4. The van der Waals surface area contributed by atoms with Crippen molar-refractivity contribution in [2.24, 2.45) is 0 Å². The largest absolute Gasteiger partial charge is 0.315 e. The molecule has 0 spiro atoms. The summed E-state index contributed by atoms with van der Waals surface area (Å²) in [6.07, 6.45) is 0. The van der Waals surface area contributed by atoms with Crippen LogP contribution >= 0.6 is 38.9 Å². The molecule has 0 unspecified atom stereocenters. The minimum absolute atomic E-state index is 0.0759. The highest BCUT2D eigenvalue weighted by Gasteiger charge is 2.17. The summed E-state index contributed by atoms with van der Waals surface area (Å²) < 4.78 is 0.804. The van der Waals surface area contributed by atoms with Crippen LogP contribution < -0.4 is 5.32 Å². The van der Waals surface area contributed by atoms with Crippen LogP contribution in [0.5, 0.6) is 0 Å². The number of amides is 1. The van der Waals surface area contributed by atoms with Crippen LogP contribution in [0.1, 0.15) is 9.67 Å². The lowest BCUT2D eigenvalue weighted by Crippen LogP contribution is -2.11. The molecule has 1 heterocycles. The molecule has 8 heteroatoms. The Balaban J connectivity index is 2.30. The molecule has 2 aromatic rings. The average molecular weight is 362 g/mol. The molecule has 0 aliphatic rings. The van der Waals surface area contributed by atoms with E-state index in [0.717, 1.165) is 3.79 Å². The summed E-state index contributed by atoms with van der Waals surface area (Å²) in [4.78, 5) is 22.7. The Bertz CT molecular complexity index is 659. The fraction of sp³-hybridized carbons (Fsp3) is 0. The third-order valence-corrected chi connectivity index (χ3v) is 4.06. The maximum Gasteiger partial charge on any atom is 0.292 e. The van der Waals surface area contributed by atoms with Crippen molar-refractivity contribution in [3.8, 4) is 0 Å². The Morgan fingerprint density at radius 1 is 1.37 bits per heavy atom. The van der Waals surface area contributed by atoms with Gasteiger partial charge in [0, 0.05) is 11.1 Å². The number of nitrogens with zero attached hydrogens (tertiary/aromatic N) is 1. The van der Waals surface area contributed by atoms with Gasteiger partial charge >= 0.3 is 0 Å². The maximum absolute atomic E-state index is 11.9. The standard InChI is InChI=1S/C11H6BrClN2O3S/c12-10-4-3-9(19-10)11(16)14-7-5-6(13)1-2-8(7)15(17)18/h1-5H,(H,14,16). The van der Waals surface area contributed by atoms with Crippen molar-refractivity contribution < 1.29 is 9.72 Å². The van der Waals surface area contributed by atoms with Gasteiger partial charge in [-0.15, -0.1) is 11.3 Å². The second-order valence-electron chi connectivity index (χ2n) is 3.48. The highest BCUT2D eigenvalue weighted by molar-refractivity contribution is 9.11. The fourth-order valence-corrected chi connectivity index (χ4v) is 2.84. The zero-order valence-electron chi connectivity index (χ0n) is 9.22. The number of nitro benzene ring substituents is 1. The number of anilines is 1. The molecule has 0 saturated carbocycles. The third kappa shape index (κ3) is 3.31. The zero-order chi connectivity index (χ0) is 14.0. The second-order valence-corrected chi connectivity index (χ2v) is 6.38. The van der Waals surface area contributed by atoms with Crippen molar-refractivity contribution >= 4 is 56.1 Å². The van der Waals surface area contributed by atoms with E-state index in [4.69, 9.17) is 11.6 Å². The molecule has 1 aromatic carbocycles. The minimum atomic E-state index is -0.573. The van der Waals surface area contributed by atoms with E-state index in [9.17, 15) is 14.9 Å². The van der Waals surface area contributed by atoms with E-state index < -0.39 is 10.8 Å². The van der Waals surface area contributed by atoms with Gasteiger partial charge in [-0.05, 0) is 40.2 Å². The lowest BCUT2D eigenvalue weighted by molar-refractivity contribution is -0.383. The maximum atomic E-state index is 11.9. The minimum Gasteiger partial charge on any atom is -0.315 e.